The SMILES string of the molecule is NC(=O)c1cccc2cn(-c3ccc(C45CCNCC4(CO)C5)cc3)nc12. The first-order chi connectivity index (χ1) is 13.1. The minimum absolute atomic E-state index is 0.0104. The van der Waals surface area contributed by atoms with E-state index in [1.807, 2.05) is 18.3 Å². The molecule has 138 valence electrons. The smallest absolute Gasteiger partial charge is 0.250 e. The second kappa shape index (κ2) is 5.65. The second-order valence-electron chi connectivity index (χ2n) is 7.85. The van der Waals surface area contributed by atoms with Crippen LogP contribution in [0.4, 0.5) is 0 Å². The summed E-state index contributed by atoms with van der Waals surface area (Å²) in [6.45, 7) is 2.10. The lowest BCUT2D eigenvalue weighted by Gasteiger charge is -2.30. The van der Waals surface area contributed by atoms with Gasteiger partial charge in [0, 0.05) is 29.0 Å². The van der Waals surface area contributed by atoms with Crippen LogP contribution < -0.4 is 11.1 Å². The molecule has 6 nitrogen and oxygen atoms in total. The van der Waals surface area contributed by atoms with E-state index in [2.05, 4.69) is 34.7 Å². The Labute approximate surface area is 157 Å². The third-order valence-electron chi connectivity index (χ3n) is 6.51. The van der Waals surface area contributed by atoms with E-state index in [1.165, 1.54) is 5.56 Å². The van der Waals surface area contributed by atoms with Crippen molar-refractivity contribution in [2.45, 2.75) is 18.3 Å². The number of hydrogen-bond donors (Lipinski definition) is 3. The van der Waals surface area contributed by atoms with E-state index in [1.54, 1.807) is 10.7 Å². The summed E-state index contributed by atoms with van der Waals surface area (Å²) in [5, 5.41) is 18.8. The Balaban J connectivity index is 1.50. The van der Waals surface area contributed by atoms with Crippen LogP contribution in [0.1, 0.15) is 28.8 Å². The molecule has 2 heterocycles. The molecule has 2 aliphatic rings. The highest BCUT2D eigenvalue weighted by molar-refractivity contribution is 6.04. The van der Waals surface area contributed by atoms with E-state index in [9.17, 15) is 9.90 Å². The number of nitrogens with two attached hydrogens (primary N) is 1. The molecular weight excluding hydrogens is 340 g/mol. The number of carbonyl (C=O) groups is 1. The van der Waals surface area contributed by atoms with Crippen molar-refractivity contribution >= 4 is 16.8 Å². The molecule has 1 saturated heterocycles. The van der Waals surface area contributed by atoms with E-state index in [4.69, 9.17) is 5.73 Å². The van der Waals surface area contributed by atoms with Crippen molar-refractivity contribution in [1.29, 1.82) is 0 Å². The van der Waals surface area contributed by atoms with Gasteiger partial charge in [-0.05, 0) is 43.1 Å². The van der Waals surface area contributed by atoms with Gasteiger partial charge in [0.05, 0.1) is 17.9 Å². The fraction of sp³-hybridized carbons (Fsp3) is 0.333. The standard InChI is InChI=1S/C21H22N4O2/c22-19(27)17-3-1-2-14-10-25(24-18(14)17)16-6-4-15(5-7-16)21-8-9-23-12-20(21,11-21)13-26/h1-7,10,23,26H,8-9,11-13H2,(H2,22,27). The third-order valence-corrected chi connectivity index (χ3v) is 6.51. The second-order valence-corrected chi connectivity index (χ2v) is 7.85. The van der Waals surface area contributed by atoms with E-state index >= 15 is 0 Å². The van der Waals surface area contributed by atoms with Gasteiger partial charge in [-0.2, -0.15) is 5.10 Å². The molecule has 5 rings (SSSR count). The zero-order chi connectivity index (χ0) is 18.6. The molecule has 6 heteroatoms. The van der Waals surface area contributed by atoms with E-state index in [0.29, 0.717) is 11.1 Å². The number of aliphatic hydroxyl groups is 1. The minimum atomic E-state index is -0.472. The van der Waals surface area contributed by atoms with Crippen LogP contribution >= 0.6 is 0 Å². The number of primary amides is 1. The predicted octanol–water partition coefficient (Wildman–Crippen LogP) is 1.74. The Morgan fingerprint density at radius 1 is 1.26 bits per heavy atom. The average Bonchev–Trinajstić information content (AvgIpc) is 3.21. The Kier molecular flexibility index (Phi) is 3.44. The van der Waals surface area contributed by atoms with Gasteiger partial charge in [0.15, 0.2) is 0 Å². The maximum Gasteiger partial charge on any atom is 0.250 e. The number of fused-ring (bicyclic) bond motifs is 2. The summed E-state index contributed by atoms with van der Waals surface area (Å²) in [6.07, 6.45) is 4.01. The molecule has 3 aromatic rings. The summed E-state index contributed by atoms with van der Waals surface area (Å²) < 4.78 is 1.78. The van der Waals surface area contributed by atoms with Gasteiger partial charge in [-0.3, -0.25) is 4.79 Å². The highest BCUT2D eigenvalue weighted by atomic mass is 16.3. The first-order valence-electron chi connectivity index (χ1n) is 9.29. The van der Waals surface area contributed by atoms with Crippen molar-refractivity contribution in [2.75, 3.05) is 19.7 Å². The topological polar surface area (TPSA) is 93.2 Å². The number of aromatic nitrogens is 2. The molecule has 1 amide bonds. The number of rotatable bonds is 4. The largest absolute Gasteiger partial charge is 0.396 e. The maximum absolute atomic E-state index is 11.6. The number of hydrogen-bond acceptors (Lipinski definition) is 4. The van der Waals surface area contributed by atoms with Crippen LogP contribution in [0.15, 0.2) is 48.7 Å². The van der Waals surface area contributed by atoms with Gasteiger partial charge >= 0.3 is 0 Å². The van der Waals surface area contributed by atoms with Crippen LogP contribution in [0.3, 0.4) is 0 Å². The molecule has 2 atom stereocenters. The van der Waals surface area contributed by atoms with Crippen LogP contribution in [0.5, 0.6) is 0 Å². The molecule has 1 saturated carbocycles. The summed E-state index contributed by atoms with van der Waals surface area (Å²) in [4.78, 5) is 11.6. The molecule has 0 radical (unpaired) electrons. The van der Waals surface area contributed by atoms with Crippen molar-refractivity contribution in [3.05, 3.63) is 59.8 Å². The van der Waals surface area contributed by atoms with Gasteiger partial charge in [-0.15, -0.1) is 0 Å². The zero-order valence-electron chi connectivity index (χ0n) is 15.0. The van der Waals surface area contributed by atoms with E-state index in [-0.39, 0.29) is 17.4 Å². The molecule has 0 spiro atoms. The molecule has 4 N–H and O–H groups in total. The van der Waals surface area contributed by atoms with Gasteiger partial charge in [-0.25, -0.2) is 4.68 Å². The fourth-order valence-electron chi connectivity index (χ4n) is 4.87. The first kappa shape index (κ1) is 16.5. The van der Waals surface area contributed by atoms with Gasteiger partial charge in [0.25, 0.3) is 5.91 Å². The monoisotopic (exact) mass is 362 g/mol. The molecule has 27 heavy (non-hydrogen) atoms. The number of piperidine rings is 1. The zero-order valence-corrected chi connectivity index (χ0v) is 15.0. The van der Waals surface area contributed by atoms with Crippen LogP contribution in [-0.4, -0.2) is 40.5 Å². The van der Waals surface area contributed by atoms with Gasteiger partial charge in [-0.1, -0.05) is 24.3 Å². The molecule has 1 aliphatic heterocycles. The molecule has 1 aromatic heterocycles. The molecule has 2 aromatic carbocycles. The summed E-state index contributed by atoms with van der Waals surface area (Å²) in [7, 11) is 0. The van der Waals surface area contributed by atoms with Crippen molar-refractivity contribution in [3.63, 3.8) is 0 Å². The minimum Gasteiger partial charge on any atom is -0.396 e. The van der Waals surface area contributed by atoms with Crippen molar-refractivity contribution in [1.82, 2.24) is 15.1 Å². The fourth-order valence-corrected chi connectivity index (χ4v) is 4.87. The lowest BCUT2D eigenvalue weighted by Crippen LogP contribution is -2.40. The van der Waals surface area contributed by atoms with Crippen molar-refractivity contribution in [3.8, 4) is 5.69 Å². The number of nitrogens with one attached hydrogen (secondary N) is 1. The number of benzene rings is 2. The summed E-state index contributed by atoms with van der Waals surface area (Å²) in [5.41, 5.74) is 8.82. The number of aliphatic hydroxyl groups excluding tert-OH is 1. The Morgan fingerprint density at radius 3 is 2.81 bits per heavy atom. The lowest BCUT2D eigenvalue weighted by atomic mass is 9.81. The molecule has 2 unspecified atom stereocenters. The molecular formula is C21H22N4O2. The number of amides is 1. The normalized spacial score (nSPS) is 26.7. The average molecular weight is 362 g/mol. The van der Waals surface area contributed by atoms with Gasteiger partial charge < -0.3 is 16.2 Å². The van der Waals surface area contributed by atoms with Crippen molar-refractivity contribution in [2.24, 2.45) is 11.1 Å². The summed E-state index contributed by atoms with van der Waals surface area (Å²) in [5.74, 6) is -0.472. The van der Waals surface area contributed by atoms with Crippen LogP contribution in [0, 0.1) is 5.41 Å². The molecule has 2 fully saturated rings. The number of nitrogens with zero attached hydrogens (tertiary/aromatic N) is 2. The van der Waals surface area contributed by atoms with Crippen LogP contribution in [-0.2, 0) is 5.41 Å². The Bertz CT molecular complexity index is 1040. The number of carbonyl (C=O) groups excluding carboxylic acids is 1. The Hall–Kier alpha value is -2.70. The first-order valence-corrected chi connectivity index (χ1v) is 9.29. The Morgan fingerprint density at radius 2 is 2.07 bits per heavy atom. The third kappa shape index (κ3) is 2.27. The summed E-state index contributed by atoms with van der Waals surface area (Å²) in [6, 6.07) is 13.9. The van der Waals surface area contributed by atoms with Gasteiger partial charge in [0.2, 0.25) is 0 Å². The van der Waals surface area contributed by atoms with E-state index in [0.717, 1.165) is 37.0 Å². The maximum atomic E-state index is 11.6. The summed E-state index contributed by atoms with van der Waals surface area (Å²) >= 11 is 0. The van der Waals surface area contributed by atoms with Crippen LogP contribution in [0.25, 0.3) is 16.6 Å². The quantitative estimate of drug-likeness (QED) is 0.659. The lowest BCUT2D eigenvalue weighted by molar-refractivity contribution is 0.100. The molecule has 0 bridgehead atoms. The van der Waals surface area contributed by atoms with Crippen LogP contribution in [0.2, 0.25) is 0 Å². The van der Waals surface area contributed by atoms with E-state index < -0.39 is 5.91 Å². The van der Waals surface area contributed by atoms with Gasteiger partial charge in [0.1, 0.15) is 5.52 Å². The highest BCUT2D eigenvalue weighted by Crippen LogP contribution is 2.67. The predicted molar refractivity (Wildman–Crippen MR) is 103 cm³/mol. The molecule has 1 aliphatic carbocycles. The highest BCUT2D eigenvalue weighted by Gasteiger charge is 2.68. The van der Waals surface area contributed by atoms with Crippen molar-refractivity contribution < 1.29 is 9.90 Å².